The van der Waals surface area contributed by atoms with Crippen molar-refractivity contribution in [1.82, 2.24) is 14.7 Å². The number of likely N-dealkylation sites (tertiary alicyclic amines) is 1. The summed E-state index contributed by atoms with van der Waals surface area (Å²) in [7, 11) is 0. The van der Waals surface area contributed by atoms with Crippen molar-refractivity contribution >= 4 is 0 Å². The average molecular weight is 297 g/mol. The van der Waals surface area contributed by atoms with Crippen molar-refractivity contribution in [2.45, 2.75) is 58.0 Å². The molecule has 0 aromatic rings. The van der Waals surface area contributed by atoms with Crippen molar-refractivity contribution in [3.63, 3.8) is 0 Å². The van der Waals surface area contributed by atoms with Gasteiger partial charge in [0.2, 0.25) is 0 Å². The molecule has 0 amide bonds. The van der Waals surface area contributed by atoms with Crippen LogP contribution in [0.25, 0.3) is 0 Å². The van der Waals surface area contributed by atoms with E-state index >= 15 is 0 Å². The first kappa shape index (κ1) is 17.2. The minimum absolute atomic E-state index is 0.297. The van der Waals surface area contributed by atoms with Gasteiger partial charge in [0.1, 0.15) is 0 Å². The Morgan fingerprint density at radius 3 is 2.14 bits per heavy atom. The highest BCUT2D eigenvalue weighted by atomic mass is 16.3. The van der Waals surface area contributed by atoms with E-state index in [0.29, 0.717) is 12.1 Å². The second kappa shape index (κ2) is 7.91. The van der Waals surface area contributed by atoms with Gasteiger partial charge in [0.05, 0.1) is 6.61 Å². The van der Waals surface area contributed by atoms with E-state index < -0.39 is 0 Å². The Hall–Kier alpha value is -0.160. The molecule has 0 spiro atoms. The molecule has 2 aliphatic rings. The van der Waals surface area contributed by atoms with E-state index in [1.165, 1.54) is 51.9 Å². The molecular weight excluding hydrogens is 262 g/mol. The van der Waals surface area contributed by atoms with Crippen LogP contribution in [0.15, 0.2) is 0 Å². The number of aliphatic hydroxyl groups excluding tert-OH is 1. The molecule has 2 heterocycles. The number of hydrogen-bond donors (Lipinski definition) is 1. The summed E-state index contributed by atoms with van der Waals surface area (Å²) in [5, 5.41) is 9.02. The van der Waals surface area contributed by atoms with Crippen LogP contribution in [-0.2, 0) is 0 Å². The summed E-state index contributed by atoms with van der Waals surface area (Å²) < 4.78 is 0. The van der Waals surface area contributed by atoms with Crippen LogP contribution in [0.4, 0.5) is 0 Å². The fourth-order valence-corrected chi connectivity index (χ4v) is 4.10. The number of rotatable bonds is 6. The highest BCUT2D eigenvalue weighted by Crippen LogP contribution is 2.27. The number of nitrogens with zero attached hydrogens (tertiary/aromatic N) is 3. The third-order valence-electron chi connectivity index (χ3n) is 5.52. The van der Waals surface area contributed by atoms with E-state index in [1.54, 1.807) is 0 Å². The summed E-state index contributed by atoms with van der Waals surface area (Å²) in [5.74, 6) is 0. The zero-order chi connectivity index (χ0) is 15.3. The van der Waals surface area contributed by atoms with Crippen molar-refractivity contribution in [3.05, 3.63) is 0 Å². The maximum absolute atomic E-state index is 9.02. The molecule has 0 radical (unpaired) electrons. The van der Waals surface area contributed by atoms with Crippen LogP contribution in [-0.4, -0.2) is 83.8 Å². The number of β-amino-alcohol motifs (C(OH)–C–C–N with tert-alkyl or cyclic N) is 1. The molecule has 0 saturated carbocycles. The van der Waals surface area contributed by atoms with Gasteiger partial charge < -0.3 is 5.11 Å². The van der Waals surface area contributed by atoms with Gasteiger partial charge in [-0.3, -0.25) is 14.7 Å². The molecule has 4 heteroatoms. The Morgan fingerprint density at radius 1 is 1.00 bits per heavy atom. The summed E-state index contributed by atoms with van der Waals surface area (Å²) in [6, 6.07) is 0.787. The van der Waals surface area contributed by atoms with Gasteiger partial charge in [-0.1, -0.05) is 13.3 Å². The van der Waals surface area contributed by atoms with Crippen molar-refractivity contribution in [2.24, 2.45) is 0 Å². The van der Waals surface area contributed by atoms with Crippen molar-refractivity contribution in [2.75, 3.05) is 52.4 Å². The number of piperidine rings is 1. The maximum Gasteiger partial charge on any atom is 0.0558 e. The molecule has 0 aromatic heterocycles. The first-order chi connectivity index (χ1) is 10.1. The topological polar surface area (TPSA) is 30.0 Å². The Bertz CT molecular complexity index is 292. The predicted molar refractivity (Wildman–Crippen MR) is 88.7 cm³/mol. The van der Waals surface area contributed by atoms with Crippen LogP contribution in [0, 0.1) is 0 Å². The van der Waals surface area contributed by atoms with E-state index in [2.05, 4.69) is 35.5 Å². The summed E-state index contributed by atoms with van der Waals surface area (Å²) in [6.45, 7) is 15.4. The minimum Gasteiger partial charge on any atom is -0.395 e. The van der Waals surface area contributed by atoms with E-state index in [9.17, 15) is 0 Å². The van der Waals surface area contributed by atoms with Gasteiger partial charge in [-0.15, -0.1) is 0 Å². The van der Waals surface area contributed by atoms with Gasteiger partial charge in [0, 0.05) is 57.4 Å². The Kier molecular flexibility index (Phi) is 6.48. The third kappa shape index (κ3) is 4.65. The summed E-state index contributed by atoms with van der Waals surface area (Å²) in [5.41, 5.74) is 0.375. The quantitative estimate of drug-likeness (QED) is 0.807. The summed E-state index contributed by atoms with van der Waals surface area (Å²) in [4.78, 5) is 7.78. The first-order valence-corrected chi connectivity index (χ1v) is 8.89. The molecule has 0 unspecified atom stereocenters. The minimum atomic E-state index is 0.297. The van der Waals surface area contributed by atoms with E-state index in [-0.39, 0.29) is 0 Å². The SMILES string of the molecule is CCCC(C)(C)N1CCC(N2CCN(CCO)CC2)CC1. The largest absolute Gasteiger partial charge is 0.395 e. The molecule has 124 valence electrons. The molecule has 0 bridgehead atoms. The zero-order valence-electron chi connectivity index (χ0n) is 14.4. The van der Waals surface area contributed by atoms with Crippen molar-refractivity contribution in [1.29, 1.82) is 0 Å². The second-order valence-corrected chi connectivity index (χ2v) is 7.38. The Morgan fingerprint density at radius 2 is 1.62 bits per heavy atom. The number of aliphatic hydroxyl groups is 1. The van der Waals surface area contributed by atoms with Gasteiger partial charge >= 0.3 is 0 Å². The molecule has 21 heavy (non-hydrogen) atoms. The molecular formula is C17H35N3O. The molecule has 2 aliphatic heterocycles. The van der Waals surface area contributed by atoms with Crippen LogP contribution < -0.4 is 0 Å². The molecule has 0 atom stereocenters. The van der Waals surface area contributed by atoms with E-state index in [1.807, 2.05) is 0 Å². The lowest BCUT2D eigenvalue weighted by atomic mass is 9.92. The Labute approximate surface area is 131 Å². The molecule has 2 saturated heterocycles. The molecule has 0 aromatic carbocycles. The second-order valence-electron chi connectivity index (χ2n) is 7.38. The van der Waals surface area contributed by atoms with Gasteiger partial charge in [0.25, 0.3) is 0 Å². The highest BCUT2D eigenvalue weighted by molar-refractivity contribution is 4.89. The third-order valence-corrected chi connectivity index (χ3v) is 5.52. The standard InChI is InChI=1S/C17H35N3O/c1-4-7-17(2,3)20-8-5-16(6-9-20)19-12-10-18(11-13-19)14-15-21/h16,21H,4-15H2,1-3H3. The van der Waals surface area contributed by atoms with Crippen LogP contribution in [0.2, 0.25) is 0 Å². The molecule has 2 fully saturated rings. The first-order valence-electron chi connectivity index (χ1n) is 8.89. The highest BCUT2D eigenvalue weighted by Gasteiger charge is 2.32. The number of hydrogen-bond acceptors (Lipinski definition) is 4. The lowest BCUT2D eigenvalue weighted by Crippen LogP contribution is -2.56. The van der Waals surface area contributed by atoms with Crippen LogP contribution in [0.1, 0.15) is 46.5 Å². The average Bonchev–Trinajstić information content (AvgIpc) is 2.48. The Balaban J connectivity index is 1.74. The molecule has 2 rings (SSSR count). The van der Waals surface area contributed by atoms with E-state index in [4.69, 9.17) is 5.11 Å². The smallest absolute Gasteiger partial charge is 0.0558 e. The predicted octanol–water partition coefficient (Wildman–Crippen LogP) is 1.64. The molecule has 4 nitrogen and oxygen atoms in total. The van der Waals surface area contributed by atoms with Gasteiger partial charge in [-0.05, 0) is 33.1 Å². The fourth-order valence-electron chi connectivity index (χ4n) is 4.10. The normalized spacial score (nSPS) is 24.6. The van der Waals surface area contributed by atoms with Crippen molar-refractivity contribution < 1.29 is 5.11 Å². The lowest BCUT2D eigenvalue weighted by molar-refractivity contribution is 0.0217. The number of piperazine rings is 1. The molecule has 0 aliphatic carbocycles. The van der Waals surface area contributed by atoms with Gasteiger partial charge in [0.15, 0.2) is 0 Å². The van der Waals surface area contributed by atoms with Gasteiger partial charge in [-0.2, -0.15) is 0 Å². The van der Waals surface area contributed by atoms with Crippen LogP contribution in [0.5, 0.6) is 0 Å². The lowest BCUT2D eigenvalue weighted by Gasteiger charge is -2.47. The van der Waals surface area contributed by atoms with Gasteiger partial charge in [-0.25, -0.2) is 0 Å². The molecule has 1 N–H and O–H groups in total. The zero-order valence-corrected chi connectivity index (χ0v) is 14.4. The van der Waals surface area contributed by atoms with E-state index in [0.717, 1.165) is 25.7 Å². The van der Waals surface area contributed by atoms with Crippen LogP contribution >= 0.6 is 0 Å². The monoisotopic (exact) mass is 297 g/mol. The van der Waals surface area contributed by atoms with Crippen molar-refractivity contribution in [3.8, 4) is 0 Å². The fraction of sp³-hybridized carbons (Fsp3) is 1.00. The summed E-state index contributed by atoms with van der Waals surface area (Å²) in [6.07, 6.45) is 5.23. The maximum atomic E-state index is 9.02. The van der Waals surface area contributed by atoms with Crippen LogP contribution in [0.3, 0.4) is 0 Å². The summed E-state index contributed by atoms with van der Waals surface area (Å²) >= 11 is 0.